The summed E-state index contributed by atoms with van der Waals surface area (Å²) in [7, 11) is 2.11. The second kappa shape index (κ2) is 6.37. The topological polar surface area (TPSA) is 47.7 Å². The Morgan fingerprint density at radius 3 is 2.71 bits per heavy atom. The van der Waals surface area contributed by atoms with Gasteiger partial charge in [0.05, 0.1) is 0 Å². The van der Waals surface area contributed by atoms with E-state index >= 15 is 0 Å². The van der Waals surface area contributed by atoms with Crippen molar-refractivity contribution < 1.29 is 9.47 Å². The summed E-state index contributed by atoms with van der Waals surface area (Å²) in [6.45, 7) is 3.01. The van der Waals surface area contributed by atoms with Crippen molar-refractivity contribution in [1.29, 1.82) is 0 Å². The lowest BCUT2D eigenvalue weighted by Crippen LogP contribution is -2.22. The second-order valence-electron chi connectivity index (χ2n) is 5.26. The first-order valence-corrected chi connectivity index (χ1v) is 7.99. The number of thiophene rings is 1. The van der Waals surface area contributed by atoms with Crippen molar-refractivity contribution in [2.45, 2.75) is 13.0 Å². The molecule has 0 spiro atoms. The first kappa shape index (κ1) is 14.2. The molecule has 2 heterocycles. The highest BCUT2D eigenvalue weighted by molar-refractivity contribution is 7.09. The lowest BCUT2D eigenvalue weighted by Gasteiger charge is -2.22. The summed E-state index contributed by atoms with van der Waals surface area (Å²) in [6, 6.07) is 8.15. The number of nitrogens with two attached hydrogens (primary N) is 1. The third kappa shape index (κ3) is 3.49. The van der Waals surface area contributed by atoms with Gasteiger partial charge in [0.2, 0.25) is 0 Å². The molecule has 0 radical (unpaired) electrons. The zero-order valence-electron chi connectivity index (χ0n) is 12.2. The molecule has 3 rings (SSSR count). The number of hydrogen-bond acceptors (Lipinski definition) is 5. The van der Waals surface area contributed by atoms with Gasteiger partial charge in [-0.05, 0) is 36.5 Å². The molecule has 0 aliphatic carbocycles. The maximum Gasteiger partial charge on any atom is 0.163 e. The van der Waals surface area contributed by atoms with Crippen LogP contribution in [0.3, 0.4) is 0 Å². The highest BCUT2D eigenvalue weighted by atomic mass is 32.1. The molecule has 1 aliphatic heterocycles. The van der Waals surface area contributed by atoms with E-state index in [1.807, 2.05) is 12.1 Å². The smallest absolute Gasteiger partial charge is 0.163 e. The number of benzene rings is 1. The van der Waals surface area contributed by atoms with Crippen LogP contribution in [0.15, 0.2) is 29.6 Å². The van der Waals surface area contributed by atoms with Gasteiger partial charge in [0.15, 0.2) is 11.5 Å². The zero-order valence-corrected chi connectivity index (χ0v) is 13.0. The van der Waals surface area contributed by atoms with Crippen molar-refractivity contribution in [3.63, 3.8) is 0 Å². The third-order valence-electron chi connectivity index (χ3n) is 3.56. The number of nitrogens with zero attached hydrogens (tertiary/aromatic N) is 1. The standard InChI is InChI=1S/C16H20N2O2S/c1-18(5-4-13-3-2-8-21-13)11-12-9-15-16(10-14(12)17)20-7-6-19-15/h2-3,8-10H,4-7,11,17H2,1H3. The SMILES string of the molecule is CN(CCc1cccs1)Cc1cc2c(cc1N)OCCO2. The lowest BCUT2D eigenvalue weighted by atomic mass is 10.1. The van der Waals surface area contributed by atoms with Crippen LogP contribution in [0.2, 0.25) is 0 Å². The minimum atomic E-state index is 0.590. The molecular formula is C16H20N2O2S. The number of fused-ring (bicyclic) bond motifs is 1. The Labute approximate surface area is 129 Å². The molecule has 1 aromatic carbocycles. The molecule has 0 amide bonds. The molecule has 1 aromatic heterocycles. The minimum Gasteiger partial charge on any atom is -0.486 e. The Morgan fingerprint density at radius 1 is 1.24 bits per heavy atom. The zero-order chi connectivity index (χ0) is 14.7. The van der Waals surface area contributed by atoms with Gasteiger partial charge in [-0.2, -0.15) is 0 Å². The Balaban J connectivity index is 1.63. The molecule has 0 fully saturated rings. The van der Waals surface area contributed by atoms with Gasteiger partial charge in [-0.25, -0.2) is 0 Å². The van der Waals surface area contributed by atoms with Crippen LogP contribution in [-0.4, -0.2) is 31.7 Å². The first-order valence-electron chi connectivity index (χ1n) is 7.11. The third-order valence-corrected chi connectivity index (χ3v) is 4.50. The average molecular weight is 304 g/mol. The van der Waals surface area contributed by atoms with Crippen LogP contribution in [0.25, 0.3) is 0 Å². The largest absolute Gasteiger partial charge is 0.486 e. The average Bonchev–Trinajstić information content (AvgIpc) is 2.99. The number of nitrogen functional groups attached to an aromatic ring is 1. The molecule has 21 heavy (non-hydrogen) atoms. The number of likely N-dealkylation sites (N-methyl/N-ethyl adjacent to an activating group) is 1. The first-order chi connectivity index (χ1) is 10.2. The highest BCUT2D eigenvalue weighted by Crippen LogP contribution is 2.34. The van der Waals surface area contributed by atoms with Crippen LogP contribution >= 0.6 is 11.3 Å². The van der Waals surface area contributed by atoms with Crippen LogP contribution in [0.4, 0.5) is 5.69 Å². The van der Waals surface area contributed by atoms with Crippen molar-refractivity contribution in [3.05, 3.63) is 40.1 Å². The molecule has 0 bridgehead atoms. The van der Waals surface area contributed by atoms with E-state index in [2.05, 4.69) is 29.5 Å². The normalized spacial score (nSPS) is 13.6. The number of anilines is 1. The van der Waals surface area contributed by atoms with Gasteiger partial charge in [0.1, 0.15) is 13.2 Å². The van der Waals surface area contributed by atoms with Gasteiger partial charge in [-0.15, -0.1) is 11.3 Å². The summed E-state index contributed by atoms with van der Waals surface area (Å²) < 4.78 is 11.2. The van der Waals surface area contributed by atoms with Crippen molar-refractivity contribution in [3.8, 4) is 11.5 Å². The quantitative estimate of drug-likeness (QED) is 0.863. The summed E-state index contributed by atoms with van der Waals surface area (Å²) >= 11 is 1.81. The molecular weight excluding hydrogens is 284 g/mol. The summed E-state index contributed by atoms with van der Waals surface area (Å²) in [6.07, 6.45) is 1.07. The summed E-state index contributed by atoms with van der Waals surface area (Å²) in [5, 5.41) is 2.12. The van der Waals surface area contributed by atoms with Crippen LogP contribution < -0.4 is 15.2 Å². The van der Waals surface area contributed by atoms with E-state index in [4.69, 9.17) is 15.2 Å². The molecule has 5 heteroatoms. The monoisotopic (exact) mass is 304 g/mol. The van der Waals surface area contributed by atoms with Crippen LogP contribution in [0.5, 0.6) is 11.5 Å². The fourth-order valence-electron chi connectivity index (χ4n) is 2.41. The predicted molar refractivity (Wildman–Crippen MR) is 86.2 cm³/mol. The van der Waals surface area contributed by atoms with Crippen molar-refractivity contribution in [1.82, 2.24) is 4.90 Å². The Bertz CT molecular complexity index is 599. The Morgan fingerprint density at radius 2 is 2.00 bits per heavy atom. The summed E-state index contributed by atoms with van der Waals surface area (Å²) in [5.41, 5.74) is 7.98. The van der Waals surface area contributed by atoms with Gasteiger partial charge >= 0.3 is 0 Å². The second-order valence-corrected chi connectivity index (χ2v) is 6.29. The van der Waals surface area contributed by atoms with Gasteiger partial charge < -0.3 is 20.1 Å². The Kier molecular flexibility index (Phi) is 4.31. The highest BCUT2D eigenvalue weighted by Gasteiger charge is 2.15. The molecule has 0 atom stereocenters. The van der Waals surface area contributed by atoms with Gasteiger partial charge in [0.25, 0.3) is 0 Å². The van der Waals surface area contributed by atoms with Crippen LogP contribution in [-0.2, 0) is 13.0 Å². The molecule has 0 unspecified atom stereocenters. The maximum absolute atomic E-state index is 6.12. The number of rotatable bonds is 5. The van der Waals surface area contributed by atoms with E-state index in [0.29, 0.717) is 13.2 Å². The van der Waals surface area contributed by atoms with E-state index in [-0.39, 0.29) is 0 Å². The maximum atomic E-state index is 6.12. The summed E-state index contributed by atoms with van der Waals surface area (Å²) in [5.74, 6) is 1.56. The lowest BCUT2D eigenvalue weighted by molar-refractivity contribution is 0.171. The van der Waals surface area contributed by atoms with E-state index in [0.717, 1.165) is 42.3 Å². The predicted octanol–water partition coefficient (Wildman–Crippen LogP) is 2.78. The molecule has 1 aliphatic rings. The van der Waals surface area contributed by atoms with Crippen molar-refractivity contribution >= 4 is 17.0 Å². The number of ether oxygens (including phenoxy) is 2. The Hall–Kier alpha value is -1.72. The van der Waals surface area contributed by atoms with E-state index in [1.54, 1.807) is 11.3 Å². The molecule has 2 N–H and O–H groups in total. The fraction of sp³-hybridized carbons (Fsp3) is 0.375. The van der Waals surface area contributed by atoms with Gasteiger partial charge in [-0.1, -0.05) is 6.07 Å². The minimum absolute atomic E-state index is 0.590. The fourth-order valence-corrected chi connectivity index (χ4v) is 3.11. The van der Waals surface area contributed by atoms with Crippen molar-refractivity contribution in [2.24, 2.45) is 0 Å². The molecule has 0 saturated carbocycles. The number of hydrogen-bond donors (Lipinski definition) is 1. The van der Waals surface area contributed by atoms with Crippen molar-refractivity contribution in [2.75, 3.05) is 32.5 Å². The summed E-state index contributed by atoms with van der Waals surface area (Å²) in [4.78, 5) is 3.69. The van der Waals surface area contributed by atoms with Gasteiger partial charge in [0, 0.05) is 29.7 Å². The molecule has 0 saturated heterocycles. The van der Waals surface area contributed by atoms with E-state index in [1.165, 1.54) is 4.88 Å². The van der Waals surface area contributed by atoms with Gasteiger partial charge in [-0.3, -0.25) is 0 Å². The van der Waals surface area contributed by atoms with Crippen LogP contribution in [0, 0.1) is 0 Å². The molecule has 4 nitrogen and oxygen atoms in total. The van der Waals surface area contributed by atoms with Crippen LogP contribution in [0.1, 0.15) is 10.4 Å². The molecule has 2 aromatic rings. The van der Waals surface area contributed by atoms with E-state index < -0.39 is 0 Å². The molecule has 112 valence electrons. The van der Waals surface area contributed by atoms with E-state index in [9.17, 15) is 0 Å².